The molecule has 1 aliphatic rings. The molecule has 1 aromatic rings. The van der Waals surface area contributed by atoms with Gasteiger partial charge >= 0.3 is 5.97 Å². The number of rotatable bonds is 4. The Morgan fingerprint density at radius 1 is 1.59 bits per heavy atom. The second-order valence-electron chi connectivity index (χ2n) is 5.07. The Hall–Kier alpha value is -0.870. The van der Waals surface area contributed by atoms with Gasteiger partial charge in [0.15, 0.2) is 0 Å². The summed E-state index contributed by atoms with van der Waals surface area (Å²) in [6.45, 7) is 7.59. The topological polar surface area (TPSA) is 40.5 Å². The predicted molar refractivity (Wildman–Crippen MR) is 69.7 cm³/mol. The lowest BCUT2D eigenvalue weighted by molar-refractivity contribution is 0.0702. The largest absolute Gasteiger partial charge is 0.477 e. The minimum Gasteiger partial charge on any atom is -0.477 e. The van der Waals surface area contributed by atoms with Crippen molar-refractivity contribution in [3.05, 3.63) is 21.4 Å². The summed E-state index contributed by atoms with van der Waals surface area (Å²) in [6.07, 6.45) is 2.22. The molecule has 17 heavy (non-hydrogen) atoms. The Morgan fingerprint density at radius 2 is 2.35 bits per heavy atom. The monoisotopic (exact) mass is 253 g/mol. The summed E-state index contributed by atoms with van der Waals surface area (Å²) in [7, 11) is 0. The maximum Gasteiger partial charge on any atom is 0.345 e. The molecule has 1 aromatic heterocycles. The average Bonchev–Trinajstić information content (AvgIpc) is 2.69. The Kier molecular flexibility index (Phi) is 3.84. The molecule has 0 bridgehead atoms. The Labute approximate surface area is 106 Å². The Bertz CT molecular complexity index is 412. The van der Waals surface area contributed by atoms with Crippen LogP contribution in [0.15, 0.2) is 6.07 Å². The lowest BCUT2D eigenvalue weighted by Gasteiger charge is -2.27. The number of thiophene rings is 1. The molecule has 0 saturated heterocycles. The Morgan fingerprint density at radius 3 is 3.00 bits per heavy atom. The first-order chi connectivity index (χ1) is 8.06. The molecule has 0 aromatic carbocycles. The zero-order chi connectivity index (χ0) is 12.4. The van der Waals surface area contributed by atoms with Gasteiger partial charge in [-0.2, -0.15) is 0 Å². The third-order valence-corrected chi connectivity index (χ3v) is 4.40. The molecule has 0 fully saturated rings. The molecule has 3 nitrogen and oxygen atoms in total. The maximum absolute atomic E-state index is 10.9. The van der Waals surface area contributed by atoms with Gasteiger partial charge in [0.2, 0.25) is 0 Å². The lowest BCUT2D eigenvalue weighted by atomic mass is 10.1. The molecule has 0 spiro atoms. The van der Waals surface area contributed by atoms with Crippen LogP contribution in [0, 0.1) is 5.92 Å². The van der Waals surface area contributed by atoms with Crippen molar-refractivity contribution in [2.75, 3.05) is 13.1 Å². The van der Waals surface area contributed by atoms with Crippen LogP contribution in [0.1, 0.15) is 40.4 Å². The van der Waals surface area contributed by atoms with Crippen LogP contribution in [0.3, 0.4) is 0 Å². The van der Waals surface area contributed by atoms with Crippen molar-refractivity contribution in [1.29, 1.82) is 0 Å². The van der Waals surface area contributed by atoms with Crippen molar-refractivity contribution in [3.63, 3.8) is 0 Å². The van der Waals surface area contributed by atoms with Crippen LogP contribution < -0.4 is 0 Å². The van der Waals surface area contributed by atoms with Gasteiger partial charge in [-0.1, -0.05) is 13.8 Å². The number of nitrogens with zero attached hydrogens (tertiary/aromatic N) is 1. The SMILES string of the molecule is CC(C)CCN1CCc2sc(C(=O)O)cc2C1. The minimum absolute atomic E-state index is 0.487. The van der Waals surface area contributed by atoms with E-state index in [-0.39, 0.29) is 0 Å². The zero-order valence-electron chi connectivity index (χ0n) is 10.4. The van der Waals surface area contributed by atoms with E-state index in [9.17, 15) is 4.79 Å². The van der Waals surface area contributed by atoms with Gasteiger partial charge < -0.3 is 5.11 Å². The van der Waals surface area contributed by atoms with E-state index in [0.29, 0.717) is 4.88 Å². The van der Waals surface area contributed by atoms with E-state index in [0.717, 1.165) is 32.0 Å². The highest BCUT2D eigenvalue weighted by molar-refractivity contribution is 7.14. The van der Waals surface area contributed by atoms with Gasteiger partial charge in [-0.05, 0) is 36.9 Å². The van der Waals surface area contributed by atoms with Gasteiger partial charge in [0, 0.05) is 18.0 Å². The summed E-state index contributed by atoms with van der Waals surface area (Å²) in [5, 5.41) is 8.97. The number of hydrogen-bond acceptors (Lipinski definition) is 3. The third-order valence-electron chi connectivity index (χ3n) is 3.18. The van der Waals surface area contributed by atoms with Gasteiger partial charge in [0.05, 0.1) is 0 Å². The summed E-state index contributed by atoms with van der Waals surface area (Å²) in [4.78, 5) is 15.1. The molecule has 1 aliphatic heterocycles. The molecular weight excluding hydrogens is 234 g/mol. The number of hydrogen-bond donors (Lipinski definition) is 1. The number of carbonyl (C=O) groups is 1. The second-order valence-corrected chi connectivity index (χ2v) is 6.21. The first kappa shape index (κ1) is 12.6. The normalized spacial score (nSPS) is 16.2. The number of aromatic carboxylic acids is 1. The Balaban J connectivity index is 2.00. The minimum atomic E-state index is -0.793. The van der Waals surface area contributed by atoms with Gasteiger partial charge in [-0.3, -0.25) is 4.90 Å². The average molecular weight is 253 g/mol. The second kappa shape index (κ2) is 5.19. The summed E-state index contributed by atoms with van der Waals surface area (Å²) in [5.74, 6) is -0.0633. The van der Waals surface area contributed by atoms with Crippen LogP contribution in [0.4, 0.5) is 0 Å². The van der Waals surface area contributed by atoms with Gasteiger partial charge in [0.1, 0.15) is 4.88 Å². The first-order valence-corrected chi connectivity index (χ1v) is 6.95. The predicted octanol–water partition coefficient (Wildman–Crippen LogP) is 2.85. The highest BCUT2D eigenvalue weighted by Gasteiger charge is 2.20. The zero-order valence-corrected chi connectivity index (χ0v) is 11.2. The highest BCUT2D eigenvalue weighted by atomic mass is 32.1. The van der Waals surface area contributed by atoms with E-state index in [2.05, 4.69) is 18.7 Å². The third kappa shape index (κ3) is 3.07. The van der Waals surface area contributed by atoms with Crippen LogP contribution in [-0.2, 0) is 13.0 Å². The molecular formula is C13H19NO2S. The van der Waals surface area contributed by atoms with Crippen LogP contribution in [0.5, 0.6) is 0 Å². The number of carboxylic acids is 1. The smallest absolute Gasteiger partial charge is 0.345 e. The van der Waals surface area contributed by atoms with E-state index >= 15 is 0 Å². The summed E-state index contributed by atoms with van der Waals surface area (Å²) < 4.78 is 0. The molecule has 0 radical (unpaired) electrons. The molecule has 0 aliphatic carbocycles. The van der Waals surface area contributed by atoms with Gasteiger partial charge in [-0.15, -0.1) is 11.3 Å². The maximum atomic E-state index is 10.9. The van der Waals surface area contributed by atoms with Crippen molar-refractivity contribution >= 4 is 17.3 Å². The lowest BCUT2D eigenvalue weighted by Crippen LogP contribution is -2.31. The molecule has 1 N–H and O–H groups in total. The summed E-state index contributed by atoms with van der Waals surface area (Å²) in [5.41, 5.74) is 1.22. The van der Waals surface area contributed by atoms with Crippen LogP contribution in [0.2, 0.25) is 0 Å². The van der Waals surface area contributed by atoms with E-state index in [1.54, 1.807) is 0 Å². The summed E-state index contributed by atoms with van der Waals surface area (Å²) in [6, 6.07) is 1.85. The highest BCUT2D eigenvalue weighted by Crippen LogP contribution is 2.28. The van der Waals surface area contributed by atoms with Crippen molar-refractivity contribution < 1.29 is 9.90 Å². The van der Waals surface area contributed by atoms with E-state index in [4.69, 9.17) is 5.11 Å². The molecule has 4 heteroatoms. The fraction of sp³-hybridized carbons (Fsp3) is 0.615. The molecule has 94 valence electrons. The molecule has 2 heterocycles. The van der Waals surface area contributed by atoms with Crippen molar-refractivity contribution in [2.24, 2.45) is 5.92 Å². The molecule has 2 rings (SSSR count). The van der Waals surface area contributed by atoms with Crippen molar-refractivity contribution in [3.8, 4) is 0 Å². The van der Waals surface area contributed by atoms with Gasteiger partial charge in [-0.25, -0.2) is 4.79 Å². The molecule has 0 atom stereocenters. The fourth-order valence-electron chi connectivity index (χ4n) is 2.13. The first-order valence-electron chi connectivity index (χ1n) is 6.13. The van der Waals surface area contributed by atoms with Crippen molar-refractivity contribution in [2.45, 2.75) is 33.2 Å². The van der Waals surface area contributed by atoms with Crippen LogP contribution in [0.25, 0.3) is 0 Å². The number of carboxylic acid groups (broad SMARTS) is 1. The van der Waals surface area contributed by atoms with Crippen LogP contribution in [-0.4, -0.2) is 29.1 Å². The standard InChI is InChI=1S/C13H19NO2S/c1-9(2)3-5-14-6-4-11-10(8-14)7-12(17-11)13(15)16/h7,9H,3-6,8H2,1-2H3,(H,15,16). The molecule has 0 saturated carbocycles. The molecule has 0 unspecified atom stereocenters. The number of fused-ring (bicyclic) bond motifs is 1. The van der Waals surface area contributed by atoms with E-state index in [1.807, 2.05) is 6.07 Å². The van der Waals surface area contributed by atoms with E-state index in [1.165, 1.54) is 28.2 Å². The molecule has 0 amide bonds. The van der Waals surface area contributed by atoms with Crippen molar-refractivity contribution in [1.82, 2.24) is 4.90 Å². The van der Waals surface area contributed by atoms with E-state index < -0.39 is 5.97 Å². The summed E-state index contributed by atoms with van der Waals surface area (Å²) >= 11 is 1.44. The quantitative estimate of drug-likeness (QED) is 0.897. The van der Waals surface area contributed by atoms with Gasteiger partial charge in [0.25, 0.3) is 0 Å². The van der Waals surface area contributed by atoms with Crippen LogP contribution >= 0.6 is 11.3 Å². The fourth-order valence-corrected chi connectivity index (χ4v) is 3.13.